The number of carbonyl (C=O) groups excluding carboxylic acids is 1. The summed E-state index contributed by atoms with van der Waals surface area (Å²) in [5, 5.41) is 5.54. The topological polar surface area (TPSA) is 63.2 Å². The number of nitrogens with zero attached hydrogens (tertiary/aromatic N) is 1. The van der Waals surface area contributed by atoms with Crippen molar-refractivity contribution >= 4 is 6.03 Å². The zero-order valence-electron chi connectivity index (χ0n) is 13.0. The molecule has 0 spiro atoms. The number of ether oxygens (including phenoxy) is 1. The summed E-state index contributed by atoms with van der Waals surface area (Å²) in [6.45, 7) is 3.13. The molecule has 0 fully saturated rings. The van der Waals surface area contributed by atoms with Gasteiger partial charge in [-0.15, -0.1) is 0 Å². The zero-order valence-corrected chi connectivity index (χ0v) is 13.0. The molecule has 0 unspecified atom stereocenters. The van der Waals surface area contributed by atoms with E-state index in [0.717, 1.165) is 18.4 Å². The van der Waals surface area contributed by atoms with Crippen molar-refractivity contribution in [1.82, 2.24) is 15.6 Å². The van der Waals surface area contributed by atoms with Crippen LogP contribution in [0.1, 0.15) is 25.3 Å². The second-order valence-corrected chi connectivity index (χ2v) is 5.02. The number of rotatable bonds is 7. The minimum Gasteiger partial charge on any atom is -0.439 e. The van der Waals surface area contributed by atoms with Crippen molar-refractivity contribution in [2.24, 2.45) is 0 Å². The number of nitrogens with one attached hydrogen (secondary N) is 2. The van der Waals surface area contributed by atoms with E-state index in [1.807, 2.05) is 6.07 Å². The number of unbranched alkanes of at least 4 members (excludes halogenated alkanes) is 1. The van der Waals surface area contributed by atoms with Gasteiger partial charge in [0, 0.05) is 25.4 Å². The van der Waals surface area contributed by atoms with Crippen LogP contribution in [0.5, 0.6) is 11.6 Å². The van der Waals surface area contributed by atoms with Crippen molar-refractivity contribution in [2.45, 2.75) is 26.3 Å². The van der Waals surface area contributed by atoms with Gasteiger partial charge >= 0.3 is 6.03 Å². The molecule has 122 valence electrons. The first-order valence-corrected chi connectivity index (χ1v) is 7.57. The lowest BCUT2D eigenvalue weighted by Gasteiger charge is -2.08. The average molecular weight is 317 g/mol. The maximum Gasteiger partial charge on any atom is 0.315 e. The summed E-state index contributed by atoms with van der Waals surface area (Å²) in [7, 11) is 0. The van der Waals surface area contributed by atoms with Crippen LogP contribution in [0.3, 0.4) is 0 Å². The van der Waals surface area contributed by atoms with Gasteiger partial charge in [-0.05, 0) is 36.2 Å². The molecule has 0 saturated carbocycles. The van der Waals surface area contributed by atoms with Gasteiger partial charge in [-0.3, -0.25) is 0 Å². The molecule has 1 aromatic carbocycles. The van der Waals surface area contributed by atoms with Crippen molar-refractivity contribution < 1.29 is 13.9 Å². The highest BCUT2D eigenvalue weighted by molar-refractivity contribution is 5.73. The molecular weight excluding hydrogens is 297 g/mol. The van der Waals surface area contributed by atoms with Crippen LogP contribution in [0.2, 0.25) is 0 Å². The van der Waals surface area contributed by atoms with Gasteiger partial charge in [0.15, 0.2) is 0 Å². The van der Waals surface area contributed by atoms with Crippen LogP contribution < -0.4 is 15.4 Å². The van der Waals surface area contributed by atoms with E-state index in [9.17, 15) is 9.18 Å². The van der Waals surface area contributed by atoms with Crippen LogP contribution in [0.25, 0.3) is 0 Å². The number of aromatic nitrogens is 1. The first-order valence-electron chi connectivity index (χ1n) is 7.57. The molecule has 2 rings (SSSR count). The van der Waals surface area contributed by atoms with E-state index in [1.54, 1.807) is 12.3 Å². The molecule has 0 aliphatic heterocycles. The fourth-order valence-electron chi connectivity index (χ4n) is 1.82. The Morgan fingerprint density at radius 3 is 2.61 bits per heavy atom. The summed E-state index contributed by atoms with van der Waals surface area (Å²) < 4.78 is 18.3. The summed E-state index contributed by atoms with van der Waals surface area (Å²) in [5.74, 6) is 0.608. The van der Waals surface area contributed by atoms with Crippen molar-refractivity contribution in [3.05, 3.63) is 54.0 Å². The fraction of sp³-hybridized carbons (Fsp3) is 0.294. The third-order valence-electron chi connectivity index (χ3n) is 3.10. The van der Waals surface area contributed by atoms with Gasteiger partial charge in [0.05, 0.1) is 0 Å². The van der Waals surface area contributed by atoms with Gasteiger partial charge in [-0.25, -0.2) is 14.2 Å². The van der Waals surface area contributed by atoms with Crippen LogP contribution >= 0.6 is 0 Å². The van der Waals surface area contributed by atoms with Crippen molar-refractivity contribution in [2.75, 3.05) is 6.54 Å². The molecule has 6 heteroatoms. The average Bonchev–Trinajstić information content (AvgIpc) is 2.57. The van der Waals surface area contributed by atoms with Gasteiger partial charge in [0.2, 0.25) is 5.88 Å². The van der Waals surface area contributed by atoms with E-state index in [1.165, 1.54) is 24.3 Å². The largest absolute Gasteiger partial charge is 0.439 e. The molecule has 2 amide bonds. The van der Waals surface area contributed by atoms with E-state index in [-0.39, 0.29) is 11.8 Å². The normalized spacial score (nSPS) is 10.2. The molecule has 0 atom stereocenters. The Balaban J connectivity index is 1.80. The third kappa shape index (κ3) is 5.94. The van der Waals surface area contributed by atoms with Crippen LogP contribution in [-0.2, 0) is 6.54 Å². The highest BCUT2D eigenvalue weighted by Crippen LogP contribution is 2.19. The van der Waals surface area contributed by atoms with E-state index in [4.69, 9.17) is 4.74 Å². The molecule has 0 saturated heterocycles. The summed E-state index contributed by atoms with van der Waals surface area (Å²) >= 11 is 0. The molecule has 1 aromatic heterocycles. The second kappa shape index (κ2) is 8.73. The standard InChI is InChI=1S/C17H20FN3O2/c1-2-3-10-19-17(22)21-12-13-4-9-16(20-11-13)23-15-7-5-14(18)6-8-15/h4-9,11H,2-3,10,12H2,1H3,(H2,19,21,22). The molecule has 23 heavy (non-hydrogen) atoms. The monoisotopic (exact) mass is 317 g/mol. The number of urea groups is 1. The van der Waals surface area contributed by atoms with E-state index >= 15 is 0 Å². The fourth-order valence-corrected chi connectivity index (χ4v) is 1.82. The maximum absolute atomic E-state index is 12.8. The smallest absolute Gasteiger partial charge is 0.315 e. The zero-order chi connectivity index (χ0) is 16.5. The van der Waals surface area contributed by atoms with Gasteiger partial charge < -0.3 is 15.4 Å². The third-order valence-corrected chi connectivity index (χ3v) is 3.10. The number of hydrogen-bond donors (Lipinski definition) is 2. The molecule has 5 nitrogen and oxygen atoms in total. The Morgan fingerprint density at radius 2 is 1.96 bits per heavy atom. The number of carbonyl (C=O) groups is 1. The first kappa shape index (κ1) is 16.7. The predicted octanol–water partition coefficient (Wildman–Crippen LogP) is 3.61. The molecular formula is C17H20FN3O2. The maximum atomic E-state index is 12.8. The quantitative estimate of drug-likeness (QED) is 0.767. The van der Waals surface area contributed by atoms with Gasteiger partial charge in [0.25, 0.3) is 0 Å². The number of benzene rings is 1. The summed E-state index contributed by atoms with van der Waals surface area (Å²) in [6, 6.07) is 9.05. The van der Waals surface area contributed by atoms with Gasteiger partial charge in [-0.2, -0.15) is 0 Å². The molecule has 2 aromatic rings. The van der Waals surface area contributed by atoms with E-state index in [0.29, 0.717) is 24.7 Å². The SMILES string of the molecule is CCCCNC(=O)NCc1ccc(Oc2ccc(F)cc2)nc1. The minimum absolute atomic E-state index is 0.190. The molecule has 0 aliphatic carbocycles. The number of pyridine rings is 1. The van der Waals surface area contributed by atoms with Crippen LogP contribution in [0, 0.1) is 5.82 Å². The van der Waals surface area contributed by atoms with Gasteiger partial charge in [0.1, 0.15) is 11.6 Å². The molecule has 0 radical (unpaired) electrons. The molecule has 0 aliphatic rings. The lowest BCUT2D eigenvalue weighted by molar-refractivity contribution is 0.240. The van der Waals surface area contributed by atoms with Gasteiger partial charge in [-0.1, -0.05) is 19.4 Å². The van der Waals surface area contributed by atoms with E-state index in [2.05, 4.69) is 22.5 Å². The molecule has 0 bridgehead atoms. The van der Waals surface area contributed by atoms with Crippen molar-refractivity contribution in [1.29, 1.82) is 0 Å². The first-order chi connectivity index (χ1) is 11.2. The summed E-state index contributed by atoms with van der Waals surface area (Å²) in [5.41, 5.74) is 0.863. The number of amides is 2. The van der Waals surface area contributed by atoms with E-state index < -0.39 is 0 Å². The lowest BCUT2D eigenvalue weighted by Crippen LogP contribution is -2.35. The number of halogens is 1. The van der Waals surface area contributed by atoms with Crippen molar-refractivity contribution in [3.8, 4) is 11.6 Å². The van der Waals surface area contributed by atoms with Crippen LogP contribution in [0.15, 0.2) is 42.6 Å². The van der Waals surface area contributed by atoms with Crippen molar-refractivity contribution in [3.63, 3.8) is 0 Å². The highest BCUT2D eigenvalue weighted by atomic mass is 19.1. The minimum atomic E-state index is -0.316. The highest BCUT2D eigenvalue weighted by Gasteiger charge is 2.02. The summed E-state index contributed by atoms with van der Waals surface area (Å²) in [6.07, 6.45) is 3.63. The molecule has 2 N–H and O–H groups in total. The Bertz CT molecular complexity index is 615. The Labute approximate surface area is 134 Å². The summed E-state index contributed by atoms with van der Waals surface area (Å²) in [4.78, 5) is 15.7. The molecule has 1 heterocycles. The van der Waals surface area contributed by atoms with Crippen LogP contribution in [-0.4, -0.2) is 17.6 Å². The second-order valence-electron chi connectivity index (χ2n) is 5.02. The Morgan fingerprint density at radius 1 is 1.17 bits per heavy atom. The number of hydrogen-bond acceptors (Lipinski definition) is 3. The van der Waals surface area contributed by atoms with Crippen LogP contribution in [0.4, 0.5) is 9.18 Å². The Kier molecular flexibility index (Phi) is 6.35. The Hall–Kier alpha value is -2.63. The lowest BCUT2D eigenvalue weighted by atomic mass is 10.3. The predicted molar refractivity (Wildman–Crippen MR) is 85.9 cm³/mol.